The van der Waals surface area contributed by atoms with Gasteiger partial charge in [0.05, 0.1) is 26.9 Å². The lowest BCUT2D eigenvalue weighted by atomic mass is 9.84. The fourth-order valence-electron chi connectivity index (χ4n) is 4.27. The quantitative estimate of drug-likeness (QED) is 0.418. The van der Waals surface area contributed by atoms with Gasteiger partial charge in [-0.15, -0.1) is 0 Å². The second-order valence-electron chi connectivity index (χ2n) is 8.37. The summed E-state index contributed by atoms with van der Waals surface area (Å²) in [6.45, 7) is 5.41. The maximum absolute atomic E-state index is 12.1. The van der Waals surface area contributed by atoms with E-state index in [4.69, 9.17) is 9.47 Å². The van der Waals surface area contributed by atoms with Crippen molar-refractivity contribution in [2.45, 2.75) is 32.4 Å². The minimum absolute atomic E-state index is 0.0475. The molecule has 0 aliphatic rings. The average Bonchev–Trinajstić information content (AvgIpc) is 2.79. The Morgan fingerprint density at radius 1 is 0.875 bits per heavy atom. The zero-order chi connectivity index (χ0) is 22.9. The summed E-state index contributed by atoms with van der Waals surface area (Å²) in [7, 11) is 3.38. The van der Waals surface area contributed by atoms with Crippen LogP contribution in [0.1, 0.15) is 33.7 Å². The highest BCUT2D eigenvalue weighted by molar-refractivity contribution is 5.71. The topological polar surface area (TPSA) is 38.8 Å². The van der Waals surface area contributed by atoms with Crippen molar-refractivity contribution in [2.24, 2.45) is 0 Å². The third kappa shape index (κ3) is 6.52. The Hall–Kier alpha value is -2.95. The van der Waals surface area contributed by atoms with Gasteiger partial charge in [0.1, 0.15) is 0 Å². The molecule has 0 aliphatic carbocycles. The molecule has 168 valence electrons. The van der Waals surface area contributed by atoms with Crippen LogP contribution in [0.5, 0.6) is 0 Å². The molecule has 4 heteroatoms. The molecule has 0 heterocycles. The number of carbonyl (C=O) groups is 1. The van der Waals surface area contributed by atoms with E-state index in [0.29, 0.717) is 13.2 Å². The number of esters is 1. The average molecular weight is 432 g/mol. The highest BCUT2D eigenvalue weighted by Gasteiger charge is 2.30. The summed E-state index contributed by atoms with van der Waals surface area (Å²) in [4.78, 5) is 14.1. The van der Waals surface area contributed by atoms with Crippen molar-refractivity contribution in [3.05, 3.63) is 107 Å². The Labute approximate surface area is 191 Å². The van der Waals surface area contributed by atoms with E-state index >= 15 is 0 Å². The normalized spacial score (nSPS) is 12.2. The lowest BCUT2D eigenvalue weighted by molar-refractivity contribution is -0.142. The number of carbonyl (C=O) groups excluding carboxylic acids is 1. The van der Waals surface area contributed by atoms with Gasteiger partial charge in [0, 0.05) is 12.0 Å². The number of likely N-dealkylation sites (N-methyl/N-ethyl adjacent to an activating group) is 1. The van der Waals surface area contributed by atoms with Crippen LogP contribution in [0.15, 0.2) is 78.9 Å². The smallest absolute Gasteiger partial charge is 0.319 e. The van der Waals surface area contributed by atoms with Crippen molar-refractivity contribution in [3.8, 4) is 0 Å². The van der Waals surface area contributed by atoms with E-state index in [-0.39, 0.29) is 24.5 Å². The molecule has 0 spiro atoms. The first kappa shape index (κ1) is 23.7. The van der Waals surface area contributed by atoms with Crippen LogP contribution in [0.2, 0.25) is 0 Å². The summed E-state index contributed by atoms with van der Waals surface area (Å²) in [6.07, 6.45) is 0. The van der Waals surface area contributed by atoms with Gasteiger partial charge in [-0.3, -0.25) is 9.69 Å². The number of rotatable bonds is 10. The summed E-state index contributed by atoms with van der Waals surface area (Å²) in [5.41, 5.74) is 6.00. The third-order valence-electron chi connectivity index (χ3n) is 5.71. The van der Waals surface area contributed by atoms with Gasteiger partial charge in [-0.2, -0.15) is 0 Å². The zero-order valence-corrected chi connectivity index (χ0v) is 19.5. The molecule has 0 aromatic heterocycles. The van der Waals surface area contributed by atoms with E-state index in [0.717, 1.165) is 5.56 Å². The van der Waals surface area contributed by atoms with Crippen LogP contribution in [-0.4, -0.2) is 44.2 Å². The molecule has 1 atom stereocenters. The Morgan fingerprint density at radius 2 is 1.41 bits per heavy atom. The van der Waals surface area contributed by atoms with E-state index in [2.05, 4.69) is 80.6 Å². The summed E-state index contributed by atoms with van der Waals surface area (Å²) < 4.78 is 11.2. The minimum atomic E-state index is -0.258. The van der Waals surface area contributed by atoms with Crippen LogP contribution < -0.4 is 0 Å². The SMILES string of the molecule is COC(=O)CN(C)C(COCc1cc(C)cc(C)c1)C(c1ccccc1)c1ccccc1. The van der Waals surface area contributed by atoms with Crippen LogP contribution in [0.25, 0.3) is 0 Å². The summed E-state index contributed by atoms with van der Waals surface area (Å²) in [5, 5.41) is 0. The van der Waals surface area contributed by atoms with Crippen molar-refractivity contribution in [1.29, 1.82) is 0 Å². The van der Waals surface area contributed by atoms with Crippen molar-refractivity contribution >= 4 is 5.97 Å². The molecule has 0 saturated heterocycles. The number of hydrogen-bond acceptors (Lipinski definition) is 4. The zero-order valence-electron chi connectivity index (χ0n) is 19.5. The van der Waals surface area contributed by atoms with Gasteiger partial charge in [-0.05, 0) is 37.6 Å². The molecule has 3 aromatic carbocycles. The molecule has 0 N–H and O–H groups in total. The highest BCUT2D eigenvalue weighted by Crippen LogP contribution is 2.31. The van der Waals surface area contributed by atoms with Gasteiger partial charge >= 0.3 is 5.97 Å². The first-order valence-electron chi connectivity index (χ1n) is 11.0. The number of benzene rings is 3. The predicted octanol–water partition coefficient (Wildman–Crippen LogP) is 5.13. The van der Waals surface area contributed by atoms with Crippen LogP contribution in [0.3, 0.4) is 0 Å². The monoisotopic (exact) mass is 431 g/mol. The van der Waals surface area contributed by atoms with Gasteiger partial charge in [-0.1, -0.05) is 90.0 Å². The number of hydrogen-bond donors (Lipinski definition) is 0. The molecule has 1 unspecified atom stereocenters. The van der Waals surface area contributed by atoms with Crippen LogP contribution in [-0.2, 0) is 20.9 Å². The molecule has 0 bridgehead atoms. The van der Waals surface area contributed by atoms with Crippen molar-refractivity contribution < 1.29 is 14.3 Å². The number of aryl methyl sites for hydroxylation is 2. The van der Waals surface area contributed by atoms with Crippen molar-refractivity contribution in [1.82, 2.24) is 4.90 Å². The molecule has 3 aromatic rings. The summed E-state index contributed by atoms with van der Waals surface area (Å²) in [6, 6.07) is 27.3. The maximum Gasteiger partial charge on any atom is 0.319 e. The fraction of sp³-hybridized carbons (Fsp3) is 0.321. The highest BCUT2D eigenvalue weighted by atomic mass is 16.5. The van der Waals surface area contributed by atoms with E-state index in [9.17, 15) is 4.79 Å². The summed E-state index contributed by atoms with van der Waals surface area (Å²) in [5.74, 6) is -0.210. The molecule has 0 saturated carbocycles. The third-order valence-corrected chi connectivity index (χ3v) is 5.71. The molecule has 0 amide bonds. The number of ether oxygens (including phenoxy) is 2. The van der Waals surface area contributed by atoms with Crippen molar-refractivity contribution in [3.63, 3.8) is 0 Å². The van der Waals surface area contributed by atoms with E-state index in [1.54, 1.807) is 0 Å². The molecule has 0 radical (unpaired) electrons. The number of nitrogens with zero attached hydrogens (tertiary/aromatic N) is 1. The Bertz CT molecular complexity index is 928. The molecule has 3 rings (SSSR count). The lowest BCUT2D eigenvalue weighted by Crippen LogP contribution is -2.43. The molecule has 0 fully saturated rings. The van der Waals surface area contributed by atoms with E-state index in [1.165, 1.54) is 29.4 Å². The Kier molecular flexibility index (Phi) is 8.60. The molecule has 0 aliphatic heterocycles. The standard InChI is InChI=1S/C28H33NO3/c1-21-15-22(2)17-23(16-21)19-32-20-26(29(3)18-27(30)31-4)28(24-11-7-5-8-12-24)25-13-9-6-10-14-25/h5-17,26,28H,18-20H2,1-4H3. The van der Waals surface area contributed by atoms with Crippen LogP contribution in [0.4, 0.5) is 0 Å². The minimum Gasteiger partial charge on any atom is -0.468 e. The Morgan fingerprint density at radius 3 is 1.91 bits per heavy atom. The van der Waals surface area contributed by atoms with Gasteiger partial charge < -0.3 is 9.47 Å². The van der Waals surface area contributed by atoms with Crippen molar-refractivity contribution in [2.75, 3.05) is 27.3 Å². The predicted molar refractivity (Wildman–Crippen MR) is 129 cm³/mol. The maximum atomic E-state index is 12.1. The van der Waals surface area contributed by atoms with Crippen LogP contribution >= 0.6 is 0 Å². The number of methoxy groups -OCH3 is 1. The summed E-state index contributed by atoms with van der Waals surface area (Å²) >= 11 is 0. The second-order valence-corrected chi connectivity index (χ2v) is 8.37. The largest absolute Gasteiger partial charge is 0.468 e. The molecule has 32 heavy (non-hydrogen) atoms. The lowest BCUT2D eigenvalue weighted by Gasteiger charge is -2.34. The Balaban J connectivity index is 1.89. The first-order valence-corrected chi connectivity index (χ1v) is 11.0. The second kappa shape index (κ2) is 11.6. The molecule has 4 nitrogen and oxygen atoms in total. The van der Waals surface area contributed by atoms with Gasteiger partial charge in [0.2, 0.25) is 0 Å². The molecular weight excluding hydrogens is 398 g/mol. The van der Waals surface area contributed by atoms with E-state index in [1.807, 2.05) is 24.1 Å². The molecular formula is C28H33NO3. The van der Waals surface area contributed by atoms with E-state index < -0.39 is 0 Å². The van der Waals surface area contributed by atoms with Gasteiger partial charge in [0.25, 0.3) is 0 Å². The van der Waals surface area contributed by atoms with Gasteiger partial charge in [-0.25, -0.2) is 0 Å². The first-order chi connectivity index (χ1) is 15.5. The van der Waals surface area contributed by atoms with Gasteiger partial charge in [0.15, 0.2) is 0 Å². The van der Waals surface area contributed by atoms with Crippen LogP contribution in [0, 0.1) is 13.8 Å². The fourth-order valence-corrected chi connectivity index (χ4v) is 4.27.